The fourth-order valence-corrected chi connectivity index (χ4v) is 10.5. The minimum atomic E-state index is -4.27. The SMILES string of the molecule is CCOC(=O)c1c(Cl)c(Cl)c(Cl)c(Cl)c1C1=c2cc3c(cc2Oc2cc4c(cc21)C(C)=CC(C)(C)N4CC)=NC(C)(C)C=C3CS(=O)(=O)N(C)CC(O)C(O)C(O)C(O)CO. The van der Waals surface area contributed by atoms with E-state index in [2.05, 4.69) is 31.7 Å². The van der Waals surface area contributed by atoms with E-state index < -0.39 is 64.9 Å². The summed E-state index contributed by atoms with van der Waals surface area (Å²) in [6.45, 7) is 12.7. The van der Waals surface area contributed by atoms with Gasteiger partial charge in [-0.25, -0.2) is 17.5 Å². The molecule has 3 aromatic rings. The lowest BCUT2D eigenvalue weighted by Crippen LogP contribution is -2.50. The number of likely N-dealkylation sites (N-methyl/N-ethyl adjacent to an activating group) is 2. The predicted octanol–water partition coefficient (Wildman–Crippen LogP) is 5.34. The Balaban J connectivity index is 1.63. The highest BCUT2D eigenvalue weighted by atomic mass is 35.5. The van der Waals surface area contributed by atoms with Gasteiger partial charge in [-0.1, -0.05) is 58.6 Å². The Hall–Kier alpha value is -3.25. The zero-order valence-electron chi connectivity index (χ0n) is 34.8. The molecule has 0 amide bonds. The van der Waals surface area contributed by atoms with Gasteiger partial charge < -0.3 is 39.9 Å². The number of carbonyl (C=O) groups is 1. The smallest absolute Gasteiger partial charge is 0.340 e. The Morgan fingerprint density at radius 1 is 0.885 bits per heavy atom. The van der Waals surface area contributed by atoms with E-state index in [0.29, 0.717) is 50.9 Å². The van der Waals surface area contributed by atoms with E-state index in [4.69, 9.17) is 60.9 Å². The number of ether oxygens (including phenoxy) is 2. The van der Waals surface area contributed by atoms with Crippen molar-refractivity contribution in [2.75, 3.05) is 44.0 Å². The maximum atomic E-state index is 14.0. The van der Waals surface area contributed by atoms with Crippen LogP contribution in [0.15, 0.2) is 41.4 Å². The molecule has 3 heterocycles. The zero-order valence-corrected chi connectivity index (χ0v) is 38.7. The van der Waals surface area contributed by atoms with Crippen LogP contribution in [-0.2, 0) is 14.8 Å². The van der Waals surface area contributed by atoms with Crippen LogP contribution >= 0.6 is 46.4 Å². The number of hydrogen-bond donors (Lipinski definition) is 5. The van der Waals surface area contributed by atoms with Crippen molar-refractivity contribution >= 4 is 84.8 Å². The number of nitrogens with zero attached hydrogens (tertiary/aromatic N) is 3. The molecule has 6 rings (SSSR count). The molecule has 13 nitrogen and oxygen atoms in total. The molecule has 0 radical (unpaired) electrons. The fraction of sp³-hybridized carbons (Fsp3) is 0.442. The standard InChI is InChI=1S/C43H49Cl4N3O10S/c1-9-50-27-14-31-24(11-22(27)20(3)15-43(50,6)7)32(33-34(41(56)59-10-2)36(45)38(47)37(46)35(33)44)25-12-23-21(16-42(4,5)48-26(23)13-30(25)60-31)19-61(57,58)49(8)17-28(52)39(54)40(55)29(53)18-51/h11-16,28-29,39-40,51-55H,9-10,17-19H2,1-8H3. The van der Waals surface area contributed by atoms with E-state index in [-0.39, 0.29) is 43.4 Å². The van der Waals surface area contributed by atoms with Crippen LogP contribution in [0.25, 0.3) is 16.7 Å². The summed E-state index contributed by atoms with van der Waals surface area (Å²) in [6.07, 6.45) is -3.63. The summed E-state index contributed by atoms with van der Waals surface area (Å²) >= 11 is 27.3. The maximum absolute atomic E-state index is 14.0. The number of esters is 1. The van der Waals surface area contributed by atoms with Crippen molar-refractivity contribution in [1.82, 2.24) is 4.31 Å². The van der Waals surface area contributed by atoms with Gasteiger partial charge in [0.1, 0.15) is 29.8 Å². The Morgan fingerprint density at radius 3 is 2.15 bits per heavy atom. The lowest BCUT2D eigenvalue weighted by atomic mass is 9.83. The molecular weight excluding hydrogens is 892 g/mol. The van der Waals surface area contributed by atoms with Crippen LogP contribution in [0.3, 0.4) is 0 Å². The Labute approximate surface area is 374 Å². The Bertz CT molecular complexity index is 2610. The summed E-state index contributed by atoms with van der Waals surface area (Å²) in [5.41, 5.74) is 3.15. The van der Waals surface area contributed by atoms with E-state index in [1.165, 1.54) is 7.05 Å². The molecule has 0 saturated carbocycles. The molecule has 3 aliphatic rings. The first-order chi connectivity index (χ1) is 28.4. The fourth-order valence-electron chi connectivity index (χ4n) is 8.28. The van der Waals surface area contributed by atoms with Gasteiger partial charge in [-0.3, -0.25) is 4.99 Å². The van der Waals surface area contributed by atoms with Crippen LogP contribution in [0.4, 0.5) is 5.69 Å². The van der Waals surface area contributed by atoms with Gasteiger partial charge in [0.15, 0.2) is 0 Å². The number of sulfonamides is 1. The van der Waals surface area contributed by atoms with E-state index in [1.807, 2.05) is 19.1 Å². The predicted molar refractivity (Wildman–Crippen MR) is 238 cm³/mol. The van der Waals surface area contributed by atoms with E-state index in [9.17, 15) is 38.7 Å². The summed E-state index contributed by atoms with van der Waals surface area (Å²) in [6, 6.07) is 7.29. The van der Waals surface area contributed by atoms with Gasteiger partial charge in [0.2, 0.25) is 10.0 Å². The summed E-state index contributed by atoms with van der Waals surface area (Å²) in [5.74, 6) is -0.681. The monoisotopic (exact) mass is 939 g/mol. The van der Waals surface area contributed by atoms with Gasteiger partial charge in [0, 0.05) is 71.0 Å². The second-order valence-electron chi connectivity index (χ2n) is 16.4. The molecule has 0 saturated heterocycles. The van der Waals surface area contributed by atoms with Crippen molar-refractivity contribution in [2.45, 2.75) is 84.0 Å². The number of aliphatic hydroxyl groups is 5. The van der Waals surface area contributed by atoms with E-state index >= 15 is 0 Å². The summed E-state index contributed by atoms with van der Waals surface area (Å²) in [4.78, 5) is 21.1. The largest absolute Gasteiger partial charge is 0.462 e. The Kier molecular flexibility index (Phi) is 13.5. The van der Waals surface area contributed by atoms with Crippen molar-refractivity contribution in [3.05, 3.63) is 94.9 Å². The second-order valence-corrected chi connectivity index (χ2v) is 20.0. The van der Waals surface area contributed by atoms with Gasteiger partial charge >= 0.3 is 5.97 Å². The molecule has 0 bridgehead atoms. The molecule has 330 valence electrons. The lowest BCUT2D eigenvalue weighted by Gasteiger charge is -2.43. The maximum Gasteiger partial charge on any atom is 0.340 e. The average Bonchev–Trinajstić information content (AvgIpc) is 3.17. The van der Waals surface area contributed by atoms with Crippen LogP contribution in [-0.4, -0.2) is 119 Å². The van der Waals surface area contributed by atoms with Crippen molar-refractivity contribution < 1.29 is 48.2 Å². The molecular formula is C43H49Cl4N3O10S. The van der Waals surface area contributed by atoms with Gasteiger partial charge in [-0.2, -0.15) is 0 Å². The van der Waals surface area contributed by atoms with Crippen LogP contribution in [0.1, 0.15) is 81.1 Å². The minimum Gasteiger partial charge on any atom is -0.462 e. The van der Waals surface area contributed by atoms with Crippen LogP contribution < -0.4 is 20.2 Å². The number of halogens is 4. The number of rotatable bonds is 13. The normalized spacial score (nSPS) is 18.3. The lowest BCUT2D eigenvalue weighted by molar-refractivity contribution is -0.116. The van der Waals surface area contributed by atoms with Crippen molar-refractivity contribution in [3.63, 3.8) is 0 Å². The van der Waals surface area contributed by atoms with Crippen molar-refractivity contribution in [1.29, 1.82) is 0 Å². The second kappa shape index (κ2) is 17.4. The molecule has 5 N–H and O–H groups in total. The van der Waals surface area contributed by atoms with Gasteiger partial charge in [-0.15, -0.1) is 0 Å². The molecule has 3 aromatic carbocycles. The number of anilines is 1. The highest BCUT2D eigenvalue weighted by Crippen LogP contribution is 2.51. The van der Waals surface area contributed by atoms with Crippen molar-refractivity contribution in [2.24, 2.45) is 4.99 Å². The number of carbonyl (C=O) groups excluding carboxylic acids is 1. The third-order valence-corrected chi connectivity index (χ3v) is 14.7. The van der Waals surface area contributed by atoms with E-state index in [0.717, 1.165) is 21.1 Å². The first kappa shape index (κ1) is 47.2. The number of aliphatic hydroxyl groups excluding tert-OH is 5. The minimum absolute atomic E-state index is 0.00127. The number of fused-ring (bicyclic) bond motifs is 4. The average molecular weight is 942 g/mol. The van der Waals surface area contributed by atoms with Gasteiger partial charge in [0.25, 0.3) is 0 Å². The highest BCUT2D eigenvalue weighted by Gasteiger charge is 2.38. The molecule has 0 aromatic heterocycles. The molecule has 61 heavy (non-hydrogen) atoms. The van der Waals surface area contributed by atoms with Gasteiger partial charge in [0.05, 0.1) is 67.2 Å². The topological polar surface area (TPSA) is 190 Å². The molecule has 0 fully saturated rings. The third-order valence-electron chi connectivity index (χ3n) is 11.1. The molecule has 4 unspecified atom stereocenters. The van der Waals surface area contributed by atoms with Crippen LogP contribution in [0.5, 0.6) is 11.5 Å². The molecule has 0 aliphatic carbocycles. The molecule has 0 spiro atoms. The van der Waals surface area contributed by atoms with Crippen LogP contribution in [0.2, 0.25) is 20.1 Å². The summed E-state index contributed by atoms with van der Waals surface area (Å²) < 4.78 is 41.1. The quantitative estimate of drug-likeness (QED) is 0.0661. The van der Waals surface area contributed by atoms with Crippen molar-refractivity contribution in [3.8, 4) is 11.5 Å². The number of hydrogen-bond acceptors (Lipinski definition) is 12. The Morgan fingerprint density at radius 2 is 1.52 bits per heavy atom. The highest BCUT2D eigenvalue weighted by molar-refractivity contribution is 7.89. The first-order valence-electron chi connectivity index (χ1n) is 19.5. The summed E-state index contributed by atoms with van der Waals surface area (Å²) in [7, 11) is -3.07. The van der Waals surface area contributed by atoms with Crippen LogP contribution in [0, 0.1) is 0 Å². The van der Waals surface area contributed by atoms with E-state index in [1.54, 1.807) is 39.0 Å². The molecule has 18 heteroatoms. The van der Waals surface area contributed by atoms with Gasteiger partial charge in [-0.05, 0) is 71.7 Å². The molecule has 4 atom stereocenters. The number of benzene rings is 3. The first-order valence-corrected chi connectivity index (χ1v) is 22.7. The summed E-state index contributed by atoms with van der Waals surface area (Å²) in [5, 5.41) is 50.4. The molecule has 3 aliphatic heterocycles. The zero-order chi connectivity index (χ0) is 45.3. The number of allylic oxidation sites excluding steroid dienone is 1. The third kappa shape index (κ3) is 8.71.